The molecule has 0 saturated heterocycles. The van der Waals surface area contributed by atoms with Crippen LogP contribution in [0.2, 0.25) is 0 Å². The van der Waals surface area contributed by atoms with Gasteiger partial charge in [-0.25, -0.2) is 9.78 Å². The van der Waals surface area contributed by atoms with Gasteiger partial charge in [-0.3, -0.25) is 0 Å². The van der Waals surface area contributed by atoms with E-state index in [2.05, 4.69) is 24.1 Å². The SMILES string of the molecule is CCC(C)Nc1ccc2c(C(=O)O)cccc2n1. The quantitative estimate of drug-likeness (QED) is 0.867. The summed E-state index contributed by atoms with van der Waals surface area (Å²) in [4.78, 5) is 15.5. The molecule has 0 saturated carbocycles. The average Bonchev–Trinajstić information content (AvgIpc) is 2.37. The number of hydrogen-bond acceptors (Lipinski definition) is 3. The first-order valence-electron chi connectivity index (χ1n) is 6.01. The fourth-order valence-corrected chi connectivity index (χ4v) is 1.78. The highest BCUT2D eigenvalue weighted by Gasteiger charge is 2.09. The van der Waals surface area contributed by atoms with Gasteiger partial charge in [-0.15, -0.1) is 0 Å². The third-order valence-corrected chi connectivity index (χ3v) is 2.97. The number of rotatable bonds is 4. The standard InChI is InChI=1S/C14H16N2O2/c1-3-9(2)15-13-8-7-10-11(14(17)18)5-4-6-12(10)16-13/h4-9H,3H2,1-2H3,(H,15,16)(H,17,18). The molecule has 18 heavy (non-hydrogen) atoms. The van der Waals surface area contributed by atoms with Gasteiger partial charge in [-0.05, 0) is 37.6 Å². The van der Waals surface area contributed by atoms with E-state index in [4.69, 9.17) is 5.11 Å². The van der Waals surface area contributed by atoms with Gasteiger partial charge in [0.25, 0.3) is 0 Å². The second-order valence-electron chi connectivity index (χ2n) is 4.33. The zero-order valence-electron chi connectivity index (χ0n) is 10.5. The van der Waals surface area contributed by atoms with Crippen LogP contribution in [0.4, 0.5) is 5.82 Å². The first-order valence-corrected chi connectivity index (χ1v) is 6.01. The number of fused-ring (bicyclic) bond motifs is 1. The third kappa shape index (κ3) is 2.42. The topological polar surface area (TPSA) is 62.2 Å². The number of carbonyl (C=O) groups is 1. The lowest BCUT2D eigenvalue weighted by atomic mass is 10.1. The second-order valence-corrected chi connectivity index (χ2v) is 4.33. The molecule has 1 unspecified atom stereocenters. The molecule has 1 heterocycles. The van der Waals surface area contributed by atoms with Crippen LogP contribution in [-0.4, -0.2) is 22.1 Å². The van der Waals surface area contributed by atoms with E-state index in [1.165, 1.54) is 0 Å². The predicted octanol–water partition coefficient (Wildman–Crippen LogP) is 3.14. The Morgan fingerprint density at radius 3 is 2.83 bits per heavy atom. The van der Waals surface area contributed by atoms with Crippen LogP contribution in [0.3, 0.4) is 0 Å². The number of aromatic carboxylic acids is 1. The van der Waals surface area contributed by atoms with E-state index < -0.39 is 5.97 Å². The van der Waals surface area contributed by atoms with Crippen molar-refractivity contribution in [3.63, 3.8) is 0 Å². The van der Waals surface area contributed by atoms with Crippen LogP contribution in [0.1, 0.15) is 30.6 Å². The number of benzene rings is 1. The van der Waals surface area contributed by atoms with Gasteiger partial charge in [0.1, 0.15) is 5.82 Å². The average molecular weight is 244 g/mol. The molecule has 94 valence electrons. The van der Waals surface area contributed by atoms with Crippen molar-refractivity contribution in [3.05, 3.63) is 35.9 Å². The zero-order chi connectivity index (χ0) is 13.1. The molecule has 2 N–H and O–H groups in total. The number of carboxylic acids is 1. The number of nitrogens with zero attached hydrogens (tertiary/aromatic N) is 1. The lowest BCUT2D eigenvalue weighted by Crippen LogP contribution is -2.14. The monoisotopic (exact) mass is 244 g/mol. The maximum Gasteiger partial charge on any atom is 0.336 e. The second kappa shape index (κ2) is 5.04. The number of aromatic nitrogens is 1. The van der Waals surface area contributed by atoms with Crippen molar-refractivity contribution in [1.29, 1.82) is 0 Å². The van der Waals surface area contributed by atoms with E-state index in [1.807, 2.05) is 12.1 Å². The van der Waals surface area contributed by atoms with Crippen LogP contribution >= 0.6 is 0 Å². The Balaban J connectivity index is 2.44. The molecular formula is C14H16N2O2. The van der Waals surface area contributed by atoms with Crippen LogP contribution in [0.15, 0.2) is 30.3 Å². The molecule has 0 bridgehead atoms. The summed E-state index contributed by atoms with van der Waals surface area (Å²) in [5.41, 5.74) is 0.985. The van der Waals surface area contributed by atoms with Gasteiger partial charge in [0.05, 0.1) is 11.1 Å². The van der Waals surface area contributed by atoms with Gasteiger partial charge in [-0.2, -0.15) is 0 Å². The molecule has 1 aromatic carbocycles. The van der Waals surface area contributed by atoms with E-state index in [1.54, 1.807) is 18.2 Å². The molecule has 0 aliphatic carbocycles. The summed E-state index contributed by atoms with van der Waals surface area (Å²) in [6.07, 6.45) is 1.01. The molecule has 2 rings (SSSR count). The lowest BCUT2D eigenvalue weighted by Gasteiger charge is -2.12. The molecule has 4 heteroatoms. The van der Waals surface area contributed by atoms with Crippen LogP contribution in [0.25, 0.3) is 10.9 Å². The summed E-state index contributed by atoms with van der Waals surface area (Å²) in [5.74, 6) is -0.149. The number of carboxylic acid groups (broad SMARTS) is 1. The highest BCUT2D eigenvalue weighted by Crippen LogP contribution is 2.20. The summed E-state index contributed by atoms with van der Waals surface area (Å²) in [6, 6.07) is 9.10. The fourth-order valence-electron chi connectivity index (χ4n) is 1.78. The maximum absolute atomic E-state index is 11.1. The Hall–Kier alpha value is -2.10. The minimum atomic E-state index is -0.926. The maximum atomic E-state index is 11.1. The molecule has 0 aliphatic heterocycles. The Bertz CT molecular complexity index is 581. The van der Waals surface area contributed by atoms with Crippen molar-refractivity contribution >= 4 is 22.7 Å². The smallest absolute Gasteiger partial charge is 0.336 e. The van der Waals surface area contributed by atoms with Crippen molar-refractivity contribution in [2.75, 3.05) is 5.32 Å². The van der Waals surface area contributed by atoms with Crippen molar-refractivity contribution in [2.24, 2.45) is 0 Å². The Morgan fingerprint density at radius 2 is 2.17 bits per heavy atom. The Labute approximate surface area is 106 Å². The minimum Gasteiger partial charge on any atom is -0.478 e. The molecule has 4 nitrogen and oxygen atoms in total. The summed E-state index contributed by atoms with van der Waals surface area (Å²) >= 11 is 0. The normalized spacial score (nSPS) is 12.3. The van der Waals surface area contributed by atoms with Gasteiger partial charge in [-0.1, -0.05) is 13.0 Å². The summed E-state index contributed by atoms with van der Waals surface area (Å²) < 4.78 is 0. The van der Waals surface area contributed by atoms with Crippen LogP contribution < -0.4 is 5.32 Å². The first-order chi connectivity index (χ1) is 8.61. The third-order valence-electron chi connectivity index (χ3n) is 2.97. The number of hydrogen-bond donors (Lipinski definition) is 2. The molecule has 2 aromatic rings. The summed E-state index contributed by atoms with van der Waals surface area (Å²) in [6.45, 7) is 4.18. The predicted molar refractivity (Wildman–Crippen MR) is 72.1 cm³/mol. The van der Waals surface area contributed by atoms with Crippen LogP contribution in [0.5, 0.6) is 0 Å². The van der Waals surface area contributed by atoms with Crippen molar-refractivity contribution in [3.8, 4) is 0 Å². The van der Waals surface area contributed by atoms with E-state index >= 15 is 0 Å². The molecule has 0 aliphatic rings. The van der Waals surface area contributed by atoms with E-state index in [-0.39, 0.29) is 5.56 Å². The van der Waals surface area contributed by atoms with Crippen molar-refractivity contribution in [1.82, 2.24) is 4.98 Å². The Morgan fingerprint density at radius 1 is 1.39 bits per heavy atom. The van der Waals surface area contributed by atoms with Gasteiger partial charge in [0.15, 0.2) is 0 Å². The van der Waals surface area contributed by atoms with Crippen molar-refractivity contribution in [2.45, 2.75) is 26.3 Å². The molecule has 1 atom stereocenters. The summed E-state index contributed by atoms with van der Waals surface area (Å²) in [7, 11) is 0. The minimum absolute atomic E-state index is 0.287. The van der Waals surface area contributed by atoms with E-state index in [0.717, 1.165) is 12.2 Å². The summed E-state index contributed by atoms with van der Waals surface area (Å²) in [5, 5.41) is 13.0. The molecule has 0 amide bonds. The highest BCUT2D eigenvalue weighted by atomic mass is 16.4. The molecular weight excluding hydrogens is 228 g/mol. The van der Waals surface area contributed by atoms with Crippen LogP contribution in [-0.2, 0) is 0 Å². The van der Waals surface area contributed by atoms with E-state index in [0.29, 0.717) is 16.9 Å². The van der Waals surface area contributed by atoms with Gasteiger partial charge < -0.3 is 10.4 Å². The molecule has 1 aromatic heterocycles. The highest BCUT2D eigenvalue weighted by molar-refractivity contribution is 6.02. The van der Waals surface area contributed by atoms with Gasteiger partial charge in [0.2, 0.25) is 0 Å². The number of pyridine rings is 1. The van der Waals surface area contributed by atoms with Gasteiger partial charge in [0, 0.05) is 11.4 Å². The number of anilines is 1. The number of nitrogens with one attached hydrogen (secondary N) is 1. The Kier molecular flexibility index (Phi) is 3.46. The first kappa shape index (κ1) is 12.4. The molecule has 0 spiro atoms. The van der Waals surface area contributed by atoms with Gasteiger partial charge >= 0.3 is 5.97 Å². The molecule has 0 radical (unpaired) electrons. The van der Waals surface area contributed by atoms with E-state index in [9.17, 15) is 4.79 Å². The zero-order valence-corrected chi connectivity index (χ0v) is 10.5. The lowest BCUT2D eigenvalue weighted by molar-refractivity contribution is 0.0699. The fraction of sp³-hybridized carbons (Fsp3) is 0.286. The largest absolute Gasteiger partial charge is 0.478 e. The molecule has 0 fully saturated rings. The van der Waals surface area contributed by atoms with Crippen molar-refractivity contribution < 1.29 is 9.90 Å². The van der Waals surface area contributed by atoms with Crippen LogP contribution in [0, 0.1) is 0 Å².